The zero-order valence-corrected chi connectivity index (χ0v) is 25.4. The number of aromatic nitrogens is 2. The number of fused-ring (bicyclic) bond motifs is 6. The van der Waals surface area contributed by atoms with Crippen molar-refractivity contribution in [1.29, 1.82) is 5.41 Å². The van der Waals surface area contributed by atoms with E-state index in [9.17, 15) is 30.8 Å². The van der Waals surface area contributed by atoms with Crippen LogP contribution in [0.1, 0.15) is 15.9 Å². The Morgan fingerprint density at radius 2 is 1.91 bits per heavy atom. The molecule has 1 aliphatic heterocycles. The van der Waals surface area contributed by atoms with Gasteiger partial charge in [0.05, 0.1) is 40.1 Å². The Bertz CT molecular complexity index is 2220. The third-order valence-electron chi connectivity index (χ3n) is 7.93. The van der Waals surface area contributed by atoms with E-state index in [4.69, 9.17) is 14.8 Å². The lowest BCUT2D eigenvalue weighted by Gasteiger charge is -2.22. The van der Waals surface area contributed by atoms with Gasteiger partial charge in [-0.05, 0) is 42.3 Å². The second-order valence-electron chi connectivity index (χ2n) is 10.7. The number of rotatable bonds is 7. The first-order valence-electron chi connectivity index (χ1n) is 13.8. The standard InChI is InChI=1S/C31H26F4N6O4S/c1-37-29(42)27-20-11-19(22-8-7-16-9-10-41-23-6-4-5-21(32)18(23)12-25(41)28(16)39-22)24(40(2)46(3,43)44)13-26(20)45-30(27)38-15-17(14-36)31(33,34)35/h4-8,11-15,36,38H,9-10H2,1-3H3,(H,37,42)/b17-15+,36-14?. The molecule has 6 rings (SSSR count). The van der Waals surface area contributed by atoms with Gasteiger partial charge in [-0.25, -0.2) is 17.8 Å². The number of benzene rings is 2. The maximum Gasteiger partial charge on any atom is 0.419 e. The molecule has 15 heteroatoms. The van der Waals surface area contributed by atoms with E-state index in [0.29, 0.717) is 47.2 Å². The average molecular weight is 655 g/mol. The molecule has 1 amide bonds. The van der Waals surface area contributed by atoms with Gasteiger partial charge in [0.15, 0.2) is 0 Å². The Kier molecular flexibility index (Phi) is 7.38. The number of aryl methyl sites for hydroxylation is 2. The maximum atomic E-state index is 14.7. The van der Waals surface area contributed by atoms with E-state index in [1.807, 2.05) is 16.7 Å². The van der Waals surface area contributed by atoms with Gasteiger partial charge in [-0.3, -0.25) is 9.10 Å². The summed E-state index contributed by atoms with van der Waals surface area (Å²) < 4.78 is 88.7. The van der Waals surface area contributed by atoms with Crippen LogP contribution in [0.2, 0.25) is 0 Å². The van der Waals surface area contributed by atoms with Crippen LogP contribution >= 0.6 is 0 Å². The van der Waals surface area contributed by atoms with Crippen LogP contribution in [0.3, 0.4) is 0 Å². The summed E-state index contributed by atoms with van der Waals surface area (Å²) in [7, 11) is -1.19. The summed E-state index contributed by atoms with van der Waals surface area (Å²) in [5.74, 6) is -1.42. The molecule has 0 radical (unpaired) electrons. The molecule has 0 atom stereocenters. The second kappa shape index (κ2) is 11.0. The van der Waals surface area contributed by atoms with Gasteiger partial charge in [0.2, 0.25) is 15.9 Å². The first-order chi connectivity index (χ1) is 21.7. The number of halogens is 4. The van der Waals surface area contributed by atoms with Crippen LogP contribution in [0.15, 0.2) is 64.7 Å². The lowest BCUT2D eigenvalue weighted by atomic mass is 9.99. The van der Waals surface area contributed by atoms with Crippen LogP contribution < -0.4 is 14.9 Å². The van der Waals surface area contributed by atoms with Crippen molar-refractivity contribution in [1.82, 2.24) is 14.9 Å². The van der Waals surface area contributed by atoms with Crippen molar-refractivity contribution in [2.45, 2.75) is 19.1 Å². The molecule has 46 heavy (non-hydrogen) atoms. The van der Waals surface area contributed by atoms with Crippen molar-refractivity contribution >= 4 is 55.6 Å². The Morgan fingerprint density at radius 3 is 2.59 bits per heavy atom. The number of sulfonamides is 1. The van der Waals surface area contributed by atoms with E-state index in [1.54, 1.807) is 18.2 Å². The van der Waals surface area contributed by atoms with Crippen LogP contribution in [0.4, 0.5) is 29.1 Å². The molecule has 3 N–H and O–H groups in total. The van der Waals surface area contributed by atoms with Crippen molar-refractivity contribution in [3.8, 4) is 22.6 Å². The predicted molar refractivity (Wildman–Crippen MR) is 167 cm³/mol. The number of carbonyl (C=O) groups excluding carboxylic acids is 1. The highest BCUT2D eigenvalue weighted by Crippen LogP contribution is 2.42. The lowest BCUT2D eigenvalue weighted by Crippen LogP contribution is -2.25. The van der Waals surface area contributed by atoms with E-state index in [1.165, 1.54) is 32.3 Å². The molecule has 5 aromatic rings. The van der Waals surface area contributed by atoms with Crippen molar-refractivity contribution < 1.29 is 35.2 Å². The molecule has 238 valence electrons. The molecule has 0 fully saturated rings. The minimum Gasteiger partial charge on any atom is -0.439 e. The molecule has 0 saturated carbocycles. The van der Waals surface area contributed by atoms with E-state index in [2.05, 4.69) is 10.6 Å². The number of pyridine rings is 1. The Morgan fingerprint density at radius 1 is 1.15 bits per heavy atom. The normalized spacial score (nSPS) is 13.4. The maximum absolute atomic E-state index is 14.7. The fourth-order valence-corrected chi connectivity index (χ4v) is 6.06. The summed E-state index contributed by atoms with van der Waals surface area (Å²) in [6.07, 6.45) is -2.62. The summed E-state index contributed by atoms with van der Waals surface area (Å²) in [5.41, 5.74) is 2.13. The summed E-state index contributed by atoms with van der Waals surface area (Å²) in [6, 6.07) is 13.0. The van der Waals surface area contributed by atoms with Crippen molar-refractivity contribution in [2.75, 3.05) is 30.0 Å². The van der Waals surface area contributed by atoms with Crippen LogP contribution in [0, 0.1) is 11.2 Å². The Hall–Kier alpha value is -5.18. The Balaban J connectivity index is 1.59. The highest BCUT2D eigenvalue weighted by molar-refractivity contribution is 7.92. The summed E-state index contributed by atoms with van der Waals surface area (Å²) >= 11 is 0. The first kappa shape index (κ1) is 30.8. The number of allylic oxidation sites excluding steroid dienone is 1. The third-order valence-corrected chi connectivity index (χ3v) is 9.13. The van der Waals surface area contributed by atoms with Crippen LogP contribution in [0.5, 0.6) is 0 Å². The molecule has 0 aliphatic carbocycles. The van der Waals surface area contributed by atoms with Gasteiger partial charge in [0, 0.05) is 55.5 Å². The van der Waals surface area contributed by atoms with E-state index >= 15 is 0 Å². The second-order valence-corrected chi connectivity index (χ2v) is 12.7. The number of furan rings is 1. The van der Waals surface area contributed by atoms with Gasteiger partial charge in [-0.2, -0.15) is 13.2 Å². The number of anilines is 2. The topological polar surface area (TPSA) is 133 Å². The van der Waals surface area contributed by atoms with Crippen molar-refractivity contribution in [3.05, 3.63) is 77.2 Å². The number of hydrogen-bond acceptors (Lipinski definition) is 7. The molecule has 4 heterocycles. The number of nitrogens with zero attached hydrogens (tertiary/aromatic N) is 3. The van der Waals surface area contributed by atoms with Crippen molar-refractivity contribution in [3.63, 3.8) is 0 Å². The number of amides is 1. The van der Waals surface area contributed by atoms with Crippen molar-refractivity contribution in [2.24, 2.45) is 0 Å². The van der Waals surface area contributed by atoms with E-state index in [0.717, 1.165) is 16.1 Å². The summed E-state index contributed by atoms with van der Waals surface area (Å²) in [5, 5.41) is 12.5. The molecule has 0 bridgehead atoms. The smallest absolute Gasteiger partial charge is 0.419 e. The SMILES string of the molecule is CNC(=O)c1c(N/C=C(\C=N)C(F)(F)F)oc2cc(N(C)S(C)(=O)=O)c(-c3ccc4c(n3)-c3cc5c(F)cccc5n3CC4)cc12. The highest BCUT2D eigenvalue weighted by Gasteiger charge is 2.33. The molecule has 0 saturated heterocycles. The first-order valence-corrected chi connectivity index (χ1v) is 15.7. The average Bonchev–Trinajstić information content (AvgIpc) is 3.57. The zero-order chi connectivity index (χ0) is 33.1. The Labute approximate surface area is 259 Å². The highest BCUT2D eigenvalue weighted by atomic mass is 32.2. The lowest BCUT2D eigenvalue weighted by molar-refractivity contribution is -0.0857. The van der Waals surface area contributed by atoms with Gasteiger partial charge in [0.25, 0.3) is 5.91 Å². The van der Waals surface area contributed by atoms with Crippen LogP contribution in [0.25, 0.3) is 44.5 Å². The number of carbonyl (C=O) groups is 1. The van der Waals surface area contributed by atoms with Gasteiger partial charge < -0.3 is 25.0 Å². The number of nitrogens with one attached hydrogen (secondary N) is 3. The van der Waals surface area contributed by atoms with E-state index < -0.39 is 27.7 Å². The third kappa shape index (κ3) is 5.15. The van der Waals surface area contributed by atoms with Gasteiger partial charge >= 0.3 is 6.18 Å². The monoisotopic (exact) mass is 654 g/mol. The fraction of sp³-hybridized carbons (Fsp3) is 0.194. The molecule has 0 spiro atoms. The molecule has 1 aliphatic rings. The van der Waals surface area contributed by atoms with Gasteiger partial charge in [-0.15, -0.1) is 0 Å². The summed E-state index contributed by atoms with van der Waals surface area (Å²) in [4.78, 5) is 17.9. The molecule has 3 aromatic heterocycles. The summed E-state index contributed by atoms with van der Waals surface area (Å²) in [6.45, 7) is 0.604. The molecule has 0 unspecified atom stereocenters. The van der Waals surface area contributed by atoms with Gasteiger partial charge in [-0.1, -0.05) is 12.1 Å². The quantitative estimate of drug-likeness (QED) is 0.144. The molecular weight excluding hydrogens is 628 g/mol. The molecule has 2 aromatic carbocycles. The number of hydrogen-bond donors (Lipinski definition) is 3. The number of alkyl halides is 3. The fourth-order valence-electron chi connectivity index (χ4n) is 5.56. The molecular formula is C31H26F4N6O4S. The van der Waals surface area contributed by atoms with Crippen LogP contribution in [-0.2, 0) is 23.0 Å². The largest absolute Gasteiger partial charge is 0.439 e. The van der Waals surface area contributed by atoms with Gasteiger partial charge in [0.1, 0.15) is 17.0 Å². The minimum atomic E-state index is -4.85. The van der Waals surface area contributed by atoms with E-state index in [-0.39, 0.29) is 45.7 Å². The van der Waals surface area contributed by atoms with Crippen LogP contribution in [-0.4, -0.2) is 56.6 Å². The zero-order valence-electron chi connectivity index (χ0n) is 24.6. The predicted octanol–water partition coefficient (Wildman–Crippen LogP) is 6.07. The minimum absolute atomic E-state index is 0.000669. The molecule has 10 nitrogen and oxygen atoms in total.